The van der Waals surface area contributed by atoms with Gasteiger partial charge in [-0.15, -0.1) is 0 Å². The summed E-state index contributed by atoms with van der Waals surface area (Å²) < 4.78 is 4.92. The van der Waals surface area contributed by atoms with E-state index in [0.717, 1.165) is 17.1 Å². The number of fused-ring (bicyclic) bond motifs is 12. The quantitative estimate of drug-likeness (QED) is 0.175. The van der Waals surface area contributed by atoms with Crippen molar-refractivity contribution in [1.82, 2.24) is 8.80 Å². The second-order valence-electron chi connectivity index (χ2n) is 14.5. The highest BCUT2D eigenvalue weighted by Crippen LogP contribution is 2.57. The summed E-state index contributed by atoms with van der Waals surface area (Å²) in [5.41, 5.74) is 16.7. The highest BCUT2D eigenvalue weighted by atomic mass is 15.1. The van der Waals surface area contributed by atoms with Gasteiger partial charge in [-0.25, -0.2) is 0 Å². The highest BCUT2D eigenvalue weighted by molar-refractivity contribution is 6.24. The van der Waals surface area contributed by atoms with E-state index < -0.39 is 5.41 Å². The van der Waals surface area contributed by atoms with Crippen LogP contribution < -0.4 is 4.90 Å². The molecule has 54 heavy (non-hydrogen) atoms. The molecule has 0 saturated heterocycles. The van der Waals surface area contributed by atoms with Crippen LogP contribution in [-0.2, 0) is 5.41 Å². The lowest BCUT2D eigenvalue weighted by molar-refractivity contribution is 0.768. The minimum Gasteiger partial charge on any atom is -0.310 e. The molecule has 0 radical (unpaired) electrons. The van der Waals surface area contributed by atoms with Gasteiger partial charge in [0.15, 0.2) is 0 Å². The Kier molecular flexibility index (Phi) is 5.98. The minimum absolute atomic E-state index is 0.481. The SMILES string of the molecule is c1ccc(N(c2ccc3c(c2)C(c2ccccc2)(c2ccccc2)c2ccccc2-3)c2ccc3c4c5ccccc5n5c6ccccc6n(c3c2)c45)cc1. The minimum atomic E-state index is -0.481. The maximum Gasteiger partial charge on any atom is 0.131 e. The predicted molar refractivity (Wildman–Crippen MR) is 224 cm³/mol. The molecule has 3 heteroatoms. The van der Waals surface area contributed by atoms with Crippen LogP contribution in [0.5, 0.6) is 0 Å². The third-order valence-electron chi connectivity index (χ3n) is 11.9. The van der Waals surface area contributed by atoms with Crippen molar-refractivity contribution < 1.29 is 0 Å². The zero-order valence-corrected chi connectivity index (χ0v) is 29.4. The number of hydrogen-bond donors (Lipinski definition) is 0. The van der Waals surface area contributed by atoms with Gasteiger partial charge < -0.3 is 4.90 Å². The average Bonchev–Trinajstić information content (AvgIpc) is 3.95. The molecule has 0 unspecified atom stereocenters. The topological polar surface area (TPSA) is 12.1 Å². The lowest BCUT2D eigenvalue weighted by Crippen LogP contribution is -2.28. The standard InChI is InChI=1S/C51H33N3/c1-4-16-34(17-5-1)51(35-18-6-2-7-19-35)43-24-12-10-22-39(43)40-30-28-37(32-44(40)51)52(36-20-8-3-9-21-36)38-29-31-42-48(33-38)54-47-27-15-14-26-46(47)53-45-25-13-11-23-41(45)49(42)50(53)54/h1-33H. The van der Waals surface area contributed by atoms with Crippen LogP contribution in [-0.4, -0.2) is 8.80 Å². The van der Waals surface area contributed by atoms with E-state index in [0.29, 0.717) is 0 Å². The summed E-state index contributed by atoms with van der Waals surface area (Å²) in [6.07, 6.45) is 0. The summed E-state index contributed by atoms with van der Waals surface area (Å²) in [7, 11) is 0. The van der Waals surface area contributed by atoms with E-state index in [9.17, 15) is 0 Å². The van der Waals surface area contributed by atoms with E-state index in [1.807, 2.05) is 0 Å². The predicted octanol–water partition coefficient (Wildman–Crippen LogP) is 12.9. The largest absolute Gasteiger partial charge is 0.310 e. The van der Waals surface area contributed by atoms with Crippen LogP contribution in [0.15, 0.2) is 200 Å². The third kappa shape index (κ3) is 3.75. The second-order valence-corrected chi connectivity index (χ2v) is 14.5. The summed E-state index contributed by atoms with van der Waals surface area (Å²) in [6, 6.07) is 73.7. The fraction of sp³-hybridized carbons (Fsp3) is 0.0196. The number of hydrogen-bond acceptors (Lipinski definition) is 1. The Morgan fingerprint density at radius 3 is 1.59 bits per heavy atom. The van der Waals surface area contributed by atoms with E-state index >= 15 is 0 Å². The maximum atomic E-state index is 2.47. The van der Waals surface area contributed by atoms with Gasteiger partial charge in [-0.2, -0.15) is 0 Å². The Labute approximate surface area is 312 Å². The van der Waals surface area contributed by atoms with Crippen molar-refractivity contribution in [2.24, 2.45) is 0 Å². The number of aromatic nitrogens is 2. The van der Waals surface area contributed by atoms with Crippen LogP contribution >= 0.6 is 0 Å². The lowest BCUT2D eigenvalue weighted by Gasteiger charge is -2.35. The summed E-state index contributed by atoms with van der Waals surface area (Å²) >= 11 is 0. The zero-order chi connectivity index (χ0) is 35.4. The Morgan fingerprint density at radius 1 is 0.352 bits per heavy atom. The zero-order valence-electron chi connectivity index (χ0n) is 29.4. The number of nitrogens with zero attached hydrogens (tertiary/aromatic N) is 3. The molecule has 3 heterocycles. The summed E-state index contributed by atoms with van der Waals surface area (Å²) in [5.74, 6) is 0. The van der Waals surface area contributed by atoms with E-state index in [1.54, 1.807) is 0 Å². The van der Waals surface area contributed by atoms with Crippen molar-refractivity contribution in [3.63, 3.8) is 0 Å². The van der Waals surface area contributed by atoms with E-state index in [-0.39, 0.29) is 0 Å². The molecule has 0 amide bonds. The van der Waals surface area contributed by atoms with Gasteiger partial charge in [-0.3, -0.25) is 8.80 Å². The van der Waals surface area contributed by atoms with E-state index in [4.69, 9.17) is 0 Å². The van der Waals surface area contributed by atoms with Crippen molar-refractivity contribution in [1.29, 1.82) is 0 Å². The van der Waals surface area contributed by atoms with Gasteiger partial charge >= 0.3 is 0 Å². The molecular weight excluding hydrogens is 655 g/mol. The molecule has 0 atom stereocenters. The Bertz CT molecular complexity index is 3160. The number of imidazole rings is 1. The molecule has 1 aliphatic rings. The molecule has 0 fully saturated rings. The van der Waals surface area contributed by atoms with Crippen molar-refractivity contribution >= 4 is 60.9 Å². The number of benzene rings is 8. The molecule has 0 bridgehead atoms. The normalized spacial score (nSPS) is 13.3. The molecule has 252 valence electrons. The van der Waals surface area contributed by atoms with Crippen LogP contribution in [0, 0.1) is 0 Å². The van der Waals surface area contributed by atoms with Gasteiger partial charge in [0.25, 0.3) is 0 Å². The van der Waals surface area contributed by atoms with Crippen molar-refractivity contribution in [2.45, 2.75) is 5.41 Å². The molecule has 11 aromatic rings. The fourth-order valence-electron chi connectivity index (χ4n) is 9.80. The molecule has 0 saturated carbocycles. The van der Waals surface area contributed by atoms with E-state index in [1.165, 1.54) is 77.3 Å². The number of rotatable bonds is 5. The molecule has 0 spiro atoms. The monoisotopic (exact) mass is 687 g/mol. The first-order valence-electron chi connectivity index (χ1n) is 18.7. The molecule has 0 aliphatic heterocycles. The molecule has 3 nitrogen and oxygen atoms in total. The van der Waals surface area contributed by atoms with Gasteiger partial charge in [0, 0.05) is 33.2 Å². The molecule has 3 aromatic heterocycles. The van der Waals surface area contributed by atoms with Gasteiger partial charge in [0.1, 0.15) is 5.65 Å². The maximum absolute atomic E-state index is 2.47. The highest BCUT2D eigenvalue weighted by Gasteiger charge is 2.46. The fourth-order valence-corrected chi connectivity index (χ4v) is 9.80. The first-order chi connectivity index (χ1) is 26.8. The van der Waals surface area contributed by atoms with E-state index in [2.05, 4.69) is 214 Å². The molecule has 12 rings (SSSR count). The molecular formula is C51H33N3. The van der Waals surface area contributed by atoms with Crippen LogP contribution in [0.1, 0.15) is 22.3 Å². The van der Waals surface area contributed by atoms with Gasteiger partial charge in [0.05, 0.1) is 27.5 Å². The molecule has 8 aromatic carbocycles. The van der Waals surface area contributed by atoms with Crippen molar-refractivity contribution in [3.05, 3.63) is 222 Å². The van der Waals surface area contributed by atoms with Gasteiger partial charge in [-0.05, 0) is 88.0 Å². The van der Waals surface area contributed by atoms with Gasteiger partial charge in [0.2, 0.25) is 0 Å². The first kappa shape index (κ1) is 29.5. The lowest BCUT2D eigenvalue weighted by atomic mass is 9.67. The number of anilines is 3. The summed E-state index contributed by atoms with van der Waals surface area (Å²) in [6.45, 7) is 0. The first-order valence-corrected chi connectivity index (χ1v) is 18.7. The van der Waals surface area contributed by atoms with Gasteiger partial charge in [-0.1, -0.05) is 146 Å². The summed E-state index contributed by atoms with van der Waals surface area (Å²) in [4.78, 5) is 2.43. The van der Waals surface area contributed by atoms with Crippen molar-refractivity contribution in [2.75, 3.05) is 4.90 Å². The summed E-state index contributed by atoms with van der Waals surface area (Å²) in [5, 5.41) is 3.86. The number of para-hydroxylation sites is 4. The Hall–Kier alpha value is -7.10. The second kappa shape index (κ2) is 11.0. The van der Waals surface area contributed by atoms with Crippen LogP contribution in [0.2, 0.25) is 0 Å². The molecule has 0 N–H and O–H groups in total. The van der Waals surface area contributed by atoms with Crippen LogP contribution in [0.4, 0.5) is 17.1 Å². The van der Waals surface area contributed by atoms with Crippen molar-refractivity contribution in [3.8, 4) is 11.1 Å². The third-order valence-corrected chi connectivity index (χ3v) is 11.9. The molecule has 1 aliphatic carbocycles. The Morgan fingerprint density at radius 2 is 0.870 bits per heavy atom. The average molecular weight is 688 g/mol. The smallest absolute Gasteiger partial charge is 0.131 e. The Balaban J connectivity index is 1.15. The van der Waals surface area contributed by atoms with Crippen LogP contribution in [0.25, 0.3) is 55.0 Å². The van der Waals surface area contributed by atoms with Crippen LogP contribution in [0.3, 0.4) is 0 Å².